The molecule has 1 atom stereocenters. The number of hydrogen-bond donors (Lipinski definition) is 1. The van der Waals surface area contributed by atoms with Crippen LogP contribution in [0.5, 0.6) is 0 Å². The molecule has 26 heavy (non-hydrogen) atoms. The standard InChI is InChI=1S/C21H28O4Si/c1-20(2,3)26(17-12-8-6-9-13-17,18-14-10-7-11-15-18)25-24-19(16-22)21(4,5)23/h6-16,19,23H,1-5H3. The molecule has 2 aromatic rings. The monoisotopic (exact) mass is 372 g/mol. The second-order valence-electron chi connectivity index (χ2n) is 8.05. The Kier molecular flexibility index (Phi) is 6.19. The van der Waals surface area contributed by atoms with Crippen molar-refractivity contribution in [3.05, 3.63) is 60.7 Å². The fraction of sp³-hybridized carbons (Fsp3) is 0.381. The Balaban J connectivity index is 2.59. The van der Waals surface area contributed by atoms with Crippen LogP contribution in [0.1, 0.15) is 34.6 Å². The predicted octanol–water partition coefficient (Wildman–Crippen LogP) is 2.83. The van der Waals surface area contributed by atoms with Crippen LogP contribution in [0, 0.1) is 0 Å². The first kappa shape index (κ1) is 20.5. The molecule has 0 heterocycles. The molecule has 140 valence electrons. The molecule has 0 bridgehead atoms. The van der Waals surface area contributed by atoms with Gasteiger partial charge in [-0.3, -0.25) is 4.58 Å². The van der Waals surface area contributed by atoms with E-state index in [1.54, 1.807) is 0 Å². The van der Waals surface area contributed by atoms with Crippen LogP contribution < -0.4 is 10.4 Å². The van der Waals surface area contributed by atoms with Gasteiger partial charge in [-0.1, -0.05) is 81.4 Å². The molecule has 4 nitrogen and oxygen atoms in total. The average Bonchev–Trinajstić information content (AvgIpc) is 2.58. The lowest BCUT2D eigenvalue weighted by molar-refractivity contribution is -0.276. The van der Waals surface area contributed by atoms with Gasteiger partial charge in [0.1, 0.15) is 0 Å². The highest BCUT2D eigenvalue weighted by Gasteiger charge is 2.52. The topological polar surface area (TPSA) is 55.8 Å². The van der Waals surface area contributed by atoms with E-state index in [1.165, 1.54) is 13.8 Å². The minimum atomic E-state index is -2.90. The summed E-state index contributed by atoms with van der Waals surface area (Å²) in [4.78, 5) is 17.0. The second kappa shape index (κ2) is 7.84. The van der Waals surface area contributed by atoms with Crippen molar-refractivity contribution in [2.45, 2.75) is 51.4 Å². The molecule has 0 spiro atoms. The van der Waals surface area contributed by atoms with Crippen molar-refractivity contribution in [2.75, 3.05) is 0 Å². The average molecular weight is 373 g/mol. The van der Waals surface area contributed by atoms with Gasteiger partial charge in [0.15, 0.2) is 12.4 Å². The SMILES string of the molecule is CC(C)(O)C(C=O)OO[Si](c1ccccc1)(c1ccccc1)C(C)(C)C. The summed E-state index contributed by atoms with van der Waals surface area (Å²) >= 11 is 0. The van der Waals surface area contributed by atoms with E-state index < -0.39 is 20.0 Å². The van der Waals surface area contributed by atoms with E-state index in [4.69, 9.17) is 9.46 Å². The number of carbonyl (C=O) groups is 1. The van der Waals surface area contributed by atoms with Gasteiger partial charge in [0.25, 0.3) is 0 Å². The van der Waals surface area contributed by atoms with Crippen LogP contribution in [-0.4, -0.2) is 31.4 Å². The highest BCUT2D eigenvalue weighted by Crippen LogP contribution is 2.37. The molecule has 0 aliphatic heterocycles. The van der Waals surface area contributed by atoms with Gasteiger partial charge in [0.2, 0.25) is 0 Å². The normalized spacial score (nSPS) is 14.1. The van der Waals surface area contributed by atoms with Crippen molar-refractivity contribution in [2.24, 2.45) is 0 Å². The first-order chi connectivity index (χ1) is 12.1. The Hall–Kier alpha value is -1.79. The minimum Gasteiger partial charge on any atom is -0.387 e. The van der Waals surface area contributed by atoms with Crippen LogP contribution in [-0.2, 0) is 14.3 Å². The van der Waals surface area contributed by atoms with Gasteiger partial charge in [-0.2, -0.15) is 0 Å². The third-order valence-corrected chi connectivity index (χ3v) is 9.26. The van der Waals surface area contributed by atoms with Gasteiger partial charge < -0.3 is 9.90 Å². The number of benzene rings is 2. The van der Waals surface area contributed by atoms with Crippen molar-refractivity contribution < 1.29 is 19.4 Å². The van der Waals surface area contributed by atoms with E-state index in [-0.39, 0.29) is 5.04 Å². The fourth-order valence-corrected chi connectivity index (χ4v) is 7.11. The zero-order valence-corrected chi connectivity index (χ0v) is 17.1. The fourth-order valence-electron chi connectivity index (χ4n) is 3.03. The predicted molar refractivity (Wildman–Crippen MR) is 106 cm³/mol. The van der Waals surface area contributed by atoms with Crippen LogP contribution >= 0.6 is 0 Å². The third-order valence-electron chi connectivity index (χ3n) is 4.51. The summed E-state index contributed by atoms with van der Waals surface area (Å²) in [6.45, 7) is 9.40. The van der Waals surface area contributed by atoms with Crippen LogP contribution in [0.15, 0.2) is 60.7 Å². The van der Waals surface area contributed by atoms with Gasteiger partial charge in [-0.15, -0.1) is 0 Å². The molecule has 0 aliphatic rings. The molecule has 0 fully saturated rings. The van der Waals surface area contributed by atoms with Gasteiger partial charge in [-0.05, 0) is 29.3 Å². The lowest BCUT2D eigenvalue weighted by Crippen LogP contribution is -2.67. The highest BCUT2D eigenvalue weighted by atomic mass is 28.4. The maximum atomic E-state index is 11.4. The maximum absolute atomic E-state index is 11.4. The van der Waals surface area contributed by atoms with Crippen molar-refractivity contribution in [3.8, 4) is 0 Å². The van der Waals surface area contributed by atoms with E-state index >= 15 is 0 Å². The molecular formula is C21H28O4Si. The van der Waals surface area contributed by atoms with Gasteiger partial charge >= 0.3 is 8.32 Å². The Bertz CT molecular complexity index is 663. The lowest BCUT2D eigenvalue weighted by Gasteiger charge is -2.42. The third kappa shape index (κ3) is 4.12. The zero-order chi connectivity index (χ0) is 19.4. The quantitative estimate of drug-likeness (QED) is 0.351. The van der Waals surface area contributed by atoms with E-state index in [9.17, 15) is 9.90 Å². The van der Waals surface area contributed by atoms with Crippen molar-refractivity contribution in [3.63, 3.8) is 0 Å². The Morgan fingerprint density at radius 2 is 1.31 bits per heavy atom. The Morgan fingerprint density at radius 3 is 1.62 bits per heavy atom. The molecule has 0 saturated heterocycles. The van der Waals surface area contributed by atoms with Gasteiger partial charge in [-0.25, -0.2) is 4.89 Å². The van der Waals surface area contributed by atoms with Crippen LogP contribution in [0.3, 0.4) is 0 Å². The molecule has 1 unspecified atom stereocenters. The molecule has 0 saturated carbocycles. The summed E-state index contributed by atoms with van der Waals surface area (Å²) < 4.78 is 6.19. The largest absolute Gasteiger partial charge is 0.387 e. The van der Waals surface area contributed by atoms with E-state index in [1.807, 2.05) is 60.7 Å². The first-order valence-electron chi connectivity index (χ1n) is 8.76. The van der Waals surface area contributed by atoms with Gasteiger partial charge in [0, 0.05) is 0 Å². The van der Waals surface area contributed by atoms with Crippen molar-refractivity contribution >= 4 is 25.0 Å². The molecule has 0 radical (unpaired) electrons. The van der Waals surface area contributed by atoms with Crippen LogP contribution in [0.25, 0.3) is 0 Å². The molecule has 0 amide bonds. The highest BCUT2D eigenvalue weighted by molar-refractivity contribution is 6.99. The number of carbonyl (C=O) groups excluding carboxylic acids is 1. The van der Waals surface area contributed by atoms with E-state index in [0.717, 1.165) is 10.4 Å². The summed E-state index contributed by atoms with van der Waals surface area (Å²) in [5, 5.41) is 12.0. The van der Waals surface area contributed by atoms with Crippen LogP contribution in [0.4, 0.5) is 0 Å². The Morgan fingerprint density at radius 1 is 0.885 bits per heavy atom. The van der Waals surface area contributed by atoms with Crippen molar-refractivity contribution in [1.29, 1.82) is 0 Å². The van der Waals surface area contributed by atoms with Gasteiger partial charge in [0.05, 0.1) is 5.60 Å². The molecule has 2 rings (SSSR count). The lowest BCUT2D eigenvalue weighted by atomic mass is 10.0. The molecule has 0 aromatic heterocycles. The van der Waals surface area contributed by atoms with Crippen LogP contribution in [0.2, 0.25) is 5.04 Å². The number of hydrogen-bond acceptors (Lipinski definition) is 4. The zero-order valence-electron chi connectivity index (χ0n) is 16.1. The van der Waals surface area contributed by atoms with Crippen molar-refractivity contribution in [1.82, 2.24) is 0 Å². The minimum absolute atomic E-state index is 0.275. The summed E-state index contributed by atoms with van der Waals surface area (Å²) in [6.07, 6.45) is -0.498. The maximum Gasteiger partial charge on any atom is 0.305 e. The molecule has 1 N–H and O–H groups in total. The summed E-state index contributed by atoms with van der Waals surface area (Å²) in [5.41, 5.74) is -1.34. The first-order valence-corrected chi connectivity index (χ1v) is 10.7. The molecule has 0 aliphatic carbocycles. The summed E-state index contributed by atoms with van der Waals surface area (Å²) in [5.74, 6) is 0. The molecule has 5 heteroatoms. The molecular weight excluding hydrogens is 344 g/mol. The summed E-state index contributed by atoms with van der Waals surface area (Å²) in [6, 6.07) is 20.0. The van der Waals surface area contributed by atoms with E-state index in [0.29, 0.717) is 6.29 Å². The number of aliphatic hydroxyl groups is 1. The molecule has 2 aromatic carbocycles. The number of rotatable bonds is 7. The Labute approximate surface area is 156 Å². The second-order valence-corrected chi connectivity index (χ2v) is 12.2. The summed E-state index contributed by atoms with van der Waals surface area (Å²) in [7, 11) is -2.90. The number of aldehydes is 1. The van der Waals surface area contributed by atoms with E-state index in [2.05, 4.69) is 20.8 Å². The smallest absolute Gasteiger partial charge is 0.305 e.